The number of ether oxygens (including phenoxy) is 1. The predicted molar refractivity (Wildman–Crippen MR) is 157 cm³/mol. The molecular weight excluding hydrogens is 480 g/mol. The van der Waals surface area contributed by atoms with Crippen molar-refractivity contribution in [2.75, 3.05) is 7.11 Å². The summed E-state index contributed by atoms with van der Waals surface area (Å²) in [5.74, 6) is -1.24. The lowest BCUT2D eigenvalue weighted by Crippen LogP contribution is -2.48. The molecule has 4 aromatic rings. The highest BCUT2D eigenvalue weighted by Gasteiger charge is 2.92. The summed E-state index contributed by atoms with van der Waals surface area (Å²) >= 11 is 0. The molecule has 4 aromatic carbocycles. The number of rotatable bonds is 1. The van der Waals surface area contributed by atoms with Gasteiger partial charge in [0.05, 0.1) is 5.92 Å². The maximum absolute atomic E-state index is 12.2. The first kappa shape index (κ1) is 23.5. The third kappa shape index (κ3) is 2.46. The van der Waals surface area contributed by atoms with Crippen LogP contribution in [-0.2, 0) is 22.0 Å². The number of methoxy groups -OCH3 is 1. The van der Waals surface area contributed by atoms with Crippen LogP contribution in [0.5, 0.6) is 0 Å². The molecule has 1 saturated carbocycles. The highest BCUT2D eigenvalue weighted by molar-refractivity contribution is 6.13. The fourth-order valence-electron chi connectivity index (χ4n) is 8.67. The SMILES string of the molecule is COC1(O)C2(C)c3c(cc(C(C)(C)C)c4ccccc34)C3=[N+](C=NC4Cc5c(ccc6ccccc56)C34)C12C. The summed E-state index contributed by atoms with van der Waals surface area (Å²) in [7, 11) is 1.64. The van der Waals surface area contributed by atoms with E-state index in [1.165, 1.54) is 55.1 Å². The van der Waals surface area contributed by atoms with Crippen molar-refractivity contribution in [2.24, 2.45) is 4.99 Å². The van der Waals surface area contributed by atoms with Gasteiger partial charge in [-0.1, -0.05) is 86.4 Å². The summed E-state index contributed by atoms with van der Waals surface area (Å²) in [4.78, 5) is 5.17. The Labute approximate surface area is 229 Å². The summed E-state index contributed by atoms with van der Waals surface area (Å²) < 4.78 is 8.31. The van der Waals surface area contributed by atoms with Gasteiger partial charge >= 0.3 is 0 Å². The van der Waals surface area contributed by atoms with Gasteiger partial charge in [0.1, 0.15) is 11.1 Å². The number of hydrogen-bond donors (Lipinski definition) is 1. The molecular formula is C35H35N2O2+. The van der Waals surface area contributed by atoms with Crippen molar-refractivity contribution in [1.82, 2.24) is 0 Å². The van der Waals surface area contributed by atoms with Crippen LogP contribution in [0.3, 0.4) is 0 Å². The zero-order valence-electron chi connectivity index (χ0n) is 23.5. The Bertz CT molecular complexity index is 1830. The molecule has 0 aromatic heterocycles. The second-order valence-electron chi connectivity index (χ2n) is 13.3. The van der Waals surface area contributed by atoms with Gasteiger partial charge in [0.15, 0.2) is 11.6 Å². The lowest BCUT2D eigenvalue weighted by atomic mass is 9.72. The van der Waals surface area contributed by atoms with Crippen LogP contribution in [0.25, 0.3) is 21.5 Å². The summed E-state index contributed by atoms with van der Waals surface area (Å²) in [6.45, 7) is 11.2. The smallest absolute Gasteiger partial charge is 0.281 e. The number of aliphatic imine (C=N–C) groups is 1. The highest BCUT2D eigenvalue weighted by Crippen LogP contribution is 2.71. The van der Waals surface area contributed by atoms with E-state index in [9.17, 15) is 5.11 Å². The van der Waals surface area contributed by atoms with Crippen LogP contribution < -0.4 is 0 Å². The molecule has 0 spiro atoms. The van der Waals surface area contributed by atoms with E-state index in [1.54, 1.807) is 7.11 Å². The van der Waals surface area contributed by atoms with Crippen LogP contribution >= 0.6 is 0 Å². The van der Waals surface area contributed by atoms with Crippen LogP contribution in [0.15, 0.2) is 71.7 Å². The van der Waals surface area contributed by atoms with Gasteiger partial charge in [0, 0.05) is 19.1 Å². The normalized spacial score (nSPS) is 32.1. The molecule has 4 nitrogen and oxygen atoms in total. The number of benzene rings is 4. The van der Waals surface area contributed by atoms with Crippen molar-refractivity contribution in [3.63, 3.8) is 0 Å². The number of hydrogen-bond acceptors (Lipinski definition) is 3. The van der Waals surface area contributed by atoms with E-state index >= 15 is 0 Å². The van der Waals surface area contributed by atoms with Crippen molar-refractivity contribution in [3.05, 3.63) is 94.5 Å². The average molecular weight is 516 g/mol. The molecule has 8 rings (SSSR count). The quantitative estimate of drug-likeness (QED) is 0.242. The lowest BCUT2D eigenvalue weighted by molar-refractivity contribution is -0.490. The maximum Gasteiger partial charge on any atom is 0.281 e. The van der Waals surface area contributed by atoms with Crippen LogP contribution in [0.4, 0.5) is 0 Å². The highest BCUT2D eigenvalue weighted by atomic mass is 16.6. The summed E-state index contributed by atoms with van der Waals surface area (Å²) in [6, 6.07) is 24.6. The minimum absolute atomic E-state index is 0.0469. The van der Waals surface area contributed by atoms with Gasteiger partial charge in [-0.2, -0.15) is 0 Å². The van der Waals surface area contributed by atoms with Crippen LogP contribution in [-0.4, -0.2) is 46.2 Å². The van der Waals surface area contributed by atoms with Gasteiger partial charge < -0.3 is 9.84 Å². The molecule has 0 amide bonds. The molecule has 4 heteroatoms. The third-order valence-corrected chi connectivity index (χ3v) is 10.8. The van der Waals surface area contributed by atoms with E-state index in [4.69, 9.17) is 9.73 Å². The van der Waals surface area contributed by atoms with Crippen molar-refractivity contribution < 1.29 is 14.4 Å². The van der Waals surface area contributed by atoms with Gasteiger partial charge in [-0.05, 0) is 69.1 Å². The molecule has 0 saturated heterocycles. The minimum Gasteiger partial charge on any atom is -0.361 e. The maximum atomic E-state index is 12.2. The minimum atomic E-state index is -1.35. The zero-order valence-corrected chi connectivity index (χ0v) is 23.5. The topological polar surface area (TPSA) is 44.8 Å². The van der Waals surface area contributed by atoms with E-state index in [0.717, 1.165) is 6.42 Å². The van der Waals surface area contributed by atoms with Gasteiger partial charge in [-0.15, -0.1) is 0 Å². The van der Waals surface area contributed by atoms with E-state index in [-0.39, 0.29) is 17.4 Å². The van der Waals surface area contributed by atoms with Crippen LogP contribution in [0.1, 0.15) is 68.4 Å². The molecule has 4 aliphatic rings. The molecule has 39 heavy (non-hydrogen) atoms. The summed E-state index contributed by atoms with van der Waals surface area (Å²) in [5, 5.41) is 17.3. The second kappa shape index (κ2) is 7.04. The van der Waals surface area contributed by atoms with Crippen molar-refractivity contribution in [3.8, 4) is 0 Å². The van der Waals surface area contributed by atoms with Gasteiger partial charge in [0.2, 0.25) is 5.79 Å². The second-order valence-corrected chi connectivity index (χ2v) is 13.3. The number of fused-ring (bicyclic) bond motifs is 13. The number of aliphatic hydroxyl groups is 1. The standard InChI is InChI=1S/C35H35N2O2/c1-32(2,3)27-17-26-30(24-14-10-9-13-22(24)27)33(4)34(5,35(33,38)39-6)37-19-36-28-18-25-21-12-8-7-11-20(21)15-16-23(25)29(28)31(26)37/h7-17,19,28-29,38H,18H2,1-6H3/q+1. The Morgan fingerprint density at radius 3 is 2.36 bits per heavy atom. The molecule has 1 N–H and O–H groups in total. The Morgan fingerprint density at radius 1 is 0.949 bits per heavy atom. The van der Waals surface area contributed by atoms with E-state index in [0.29, 0.717) is 0 Å². The summed E-state index contributed by atoms with van der Waals surface area (Å²) in [6.07, 6.45) is 2.93. The lowest BCUT2D eigenvalue weighted by Gasteiger charge is -2.35. The first-order chi connectivity index (χ1) is 18.6. The van der Waals surface area contributed by atoms with Gasteiger partial charge in [-0.25, -0.2) is 4.58 Å². The molecule has 5 atom stereocenters. The molecule has 5 unspecified atom stereocenters. The first-order valence-electron chi connectivity index (χ1n) is 14.1. The Hall–Kier alpha value is -3.34. The van der Waals surface area contributed by atoms with E-state index in [2.05, 4.69) is 106 Å². The van der Waals surface area contributed by atoms with Crippen LogP contribution in [0.2, 0.25) is 0 Å². The number of nitrogens with zero attached hydrogens (tertiary/aromatic N) is 2. The molecule has 1 fully saturated rings. The van der Waals surface area contributed by atoms with E-state index in [1.807, 2.05) is 6.34 Å². The molecule has 0 bridgehead atoms. The van der Waals surface area contributed by atoms with Crippen molar-refractivity contribution >= 4 is 33.6 Å². The Balaban J connectivity index is 1.51. The zero-order chi connectivity index (χ0) is 27.1. The molecule has 2 aliphatic carbocycles. The molecule has 2 heterocycles. The monoisotopic (exact) mass is 515 g/mol. The molecule has 2 aliphatic heterocycles. The fourth-order valence-corrected chi connectivity index (χ4v) is 8.67. The first-order valence-corrected chi connectivity index (χ1v) is 14.1. The average Bonchev–Trinajstić information content (AvgIpc) is 3.17. The Kier molecular flexibility index (Phi) is 4.25. The van der Waals surface area contributed by atoms with Crippen molar-refractivity contribution in [2.45, 2.75) is 75.2 Å². The van der Waals surface area contributed by atoms with Gasteiger partial charge in [-0.3, -0.25) is 0 Å². The van der Waals surface area contributed by atoms with E-state index < -0.39 is 16.7 Å². The summed E-state index contributed by atoms with van der Waals surface area (Å²) in [5.41, 5.74) is 6.42. The Morgan fingerprint density at radius 2 is 1.64 bits per heavy atom. The fraction of sp³-hybridized carbons (Fsp3) is 0.371. The predicted octanol–water partition coefficient (Wildman–Crippen LogP) is 6.22. The molecule has 0 radical (unpaired) electrons. The van der Waals surface area contributed by atoms with Crippen molar-refractivity contribution in [1.29, 1.82) is 0 Å². The largest absolute Gasteiger partial charge is 0.361 e. The molecule has 196 valence electrons. The van der Waals surface area contributed by atoms with Gasteiger partial charge in [0.25, 0.3) is 6.34 Å². The third-order valence-electron chi connectivity index (χ3n) is 10.8. The van der Waals surface area contributed by atoms with Crippen LogP contribution in [0, 0.1) is 0 Å².